The summed E-state index contributed by atoms with van der Waals surface area (Å²) in [7, 11) is 1.83. The Bertz CT molecular complexity index is 413. The van der Waals surface area contributed by atoms with Crippen LogP contribution in [0.2, 0.25) is 0 Å². The van der Waals surface area contributed by atoms with Crippen molar-refractivity contribution in [2.24, 2.45) is 0 Å². The van der Waals surface area contributed by atoms with Gasteiger partial charge in [-0.1, -0.05) is 0 Å². The Kier molecular flexibility index (Phi) is 3.88. The summed E-state index contributed by atoms with van der Waals surface area (Å²) < 4.78 is 0. The van der Waals surface area contributed by atoms with Crippen molar-refractivity contribution in [1.29, 1.82) is 0 Å². The van der Waals surface area contributed by atoms with E-state index in [0.29, 0.717) is 11.4 Å². The van der Waals surface area contributed by atoms with E-state index >= 15 is 0 Å². The minimum atomic E-state index is 0.0479. The van der Waals surface area contributed by atoms with Crippen LogP contribution in [-0.4, -0.2) is 24.4 Å². The third-order valence-electron chi connectivity index (χ3n) is 2.69. The first kappa shape index (κ1) is 12.5. The molecular weight excluding hydrogens is 202 g/mol. The van der Waals surface area contributed by atoms with Crippen LogP contribution in [0.5, 0.6) is 0 Å². The Morgan fingerprint density at radius 1 is 1.25 bits per heavy atom. The number of carbonyl (C=O) groups excluding carboxylic acids is 1. The smallest absolute Gasteiger partial charge is 0.163 e. The Morgan fingerprint density at radius 2 is 1.88 bits per heavy atom. The molecule has 16 heavy (non-hydrogen) atoms. The van der Waals surface area contributed by atoms with Gasteiger partial charge in [-0.3, -0.25) is 4.79 Å². The lowest BCUT2D eigenvalue weighted by Crippen LogP contribution is -2.12. The van der Waals surface area contributed by atoms with Crippen LogP contribution in [0.25, 0.3) is 0 Å². The van der Waals surface area contributed by atoms with Gasteiger partial charge in [-0.2, -0.15) is 0 Å². The minimum absolute atomic E-state index is 0.0479. The topological polar surface area (TPSA) is 54.0 Å². The van der Waals surface area contributed by atoms with Gasteiger partial charge in [0.2, 0.25) is 0 Å². The fourth-order valence-electron chi connectivity index (χ4n) is 1.76. The maximum absolute atomic E-state index is 11.6. The van der Waals surface area contributed by atoms with Crippen LogP contribution in [0, 0.1) is 13.8 Å². The number of ketones is 1. The third-order valence-corrected chi connectivity index (χ3v) is 2.69. The summed E-state index contributed by atoms with van der Waals surface area (Å²) in [5.74, 6) is 1.53. The molecule has 1 aromatic rings. The number of carbonyl (C=O) groups is 1. The van der Waals surface area contributed by atoms with Crippen molar-refractivity contribution in [2.75, 3.05) is 24.2 Å². The standard InChI is InChI=1S/C12H19N3O/c1-6-14-12-10(9(4)16)7(2)8(3)11(13-5)15-12/h6H2,1-5H3,(H2,13,14,15). The summed E-state index contributed by atoms with van der Waals surface area (Å²) in [6.07, 6.45) is 0. The minimum Gasteiger partial charge on any atom is -0.373 e. The molecule has 1 heterocycles. The Morgan fingerprint density at radius 3 is 2.31 bits per heavy atom. The molecule has 0 fully saturated rings. The highest BCUT2D eigenvalue weighted by atomic mass is 16.1. The first-order valence-electron chi connectivity index (χ1n) is 5.46. The van der Waals surface area contributed by atoms with Crippen LogP contribution in [-0.2, 0) is 0 Å². The number of hydrogen-bond donors (Lipinski definition) is 2. The van der Waals surface area contributed by atoms with Crippen LogP contribution in [0.15, 0.2) is 0 Å². The number of pyridine rings is 1. The second kappa shape index (κ2) is 4.96. The number of hydrogen-bond acceptors (Lipinski definition) is 4. The van der Waals surface area contributed by atoms with Crippen LogP contribution in [0.4, 0.5) is 11.6 Å². The van der Waals surface area contributed by atoms with E-state index < -0.39 is 0 Å². The highest BCUT2D eigenvalue weighted by molar-refractivity contribution is 6.01. The monoisotopic (exact) mass is 221 g/mol. The average Bonchev–Trinajstić information content (AvgIpc) is 2.23. The molecule has 1 rings (SSSR count). The van der Waals surface area contributed by atoms with Crippen molar-refractivity contribution in [1.82, 2.24) is 4.98 Å². The van der Waals surface area contributed by atoms with Crippen molar-refractivity contribution in [3.05, 3.63) is 16.7 Å². The molecule has 0 saturated carbocycles. The molecule has 0 saturated heterocycles. The number of anilines is 2. The number of Topliss-reactive ketones (excluding diaryl/α,β-unsaturated/α-hetero) is 1. The van der Waals surface area contributed by atoms with Gasteiger partial charge in [0.25, 0.3) is 0 Å². The maximum atomic E-state index is 11.6. The number of aromatic nitrogens is 1. The molecule has 0 radical (unpaired) electrons. The molecule has 0 spiro atoms. The first-order valence-corrected chi connectivity index (χ1v) is 5.46. The summed E-state index contributed by atoms with van der Waals surface area (Å²) >= 11 is 0. The zero-order valence-corrected chi connectivity index (χ0v) is 10.6. The van der Waals surface area contributed by atoms with Gasteiger partial charge in [0.1, 0.15) is 11.6 Å². The maximum Gasteiger partial charge on any atom is 0.163 e. The Hall–Kier alpha value is -1.58. The molecular formula is C12H19N3O. The lowest BCUT2D eigenvalue weighted by atomic mass is 10.0. The highest BCUT2D eigenvalue weighted by Gasteiger charge is 2.16. The molecule has 0 aliphatic carbocycles. The highest BCUT2D eigenvalue weighted by Crippen LogP contribution is 2.26. The summed E-state index contributed by atoms with van der Waals surface area (Å²) in [4.78, 5) is 16.0. The normalized spacial score (nSPS) is 10.1. The van der Waals surface area contributed by atoms with Crippen molar-refractivity contribution < 1.29 is 4.79 Å². The Labute approximate surface area is 96.5 Å². The second-order valence-electron chi connectivity index (χ2n) is 3.77. The summed E-state index contributed by atoms with van der Waals surface area (Å²) in [6, 6.07) is 0. The lowest BCUT2D eigenvalue weighted by molar-refractivity contribution is 0.101. The van der Waals surface area contributed by atoms with Crippen LogP contribution >= 0.6 is 0 Å². The molecule has 4 heteroatoms. The van der Waals surface area contributed by atoms with Crippen LogP contribution < -0.4 is 10.6 Å². The fourth-order valence-corrected chi connectivity index (χ4v) is 1.76. The van der Waals surface area contributed by atoms with Crippen molar-refractivity contribution in [2.45, 2.75) is 27.7 Å². The van der Waals surface area contributed by atoms with E-state index in [4.69, 9.17) is 0 Å². The Balaban J connectivity index is 3.45. The molecule has 2 N–H and O–H groups in total. The van der Waals surface area contributed by atoms with Gasteiger partial charge in [0.15, 0.2) is 5.78 Å². The lowest BCUT2D eigenvalue weighted by Gasteiger charge is -2.15. The molecule has 4 nitrogen and oxygen atoms in total. The molecule has 0 aliphatic heterocycles. The van der Waals surface area contributed by atoms with E-state index in [2.05, 4.69) is 15.6 Å². The molecule has 0 unspecified atom stereocenters. The van der Waals surface area contributed by atoms with Crippen molar-refractivity contribution in [3.63, 3.8) is 0 Å². The van der Waals surface area contributed by atoms with Gasteiger partial charge < -0.3 is 10.6 Å². The summed E-state index contributed by atoms with van der Waals surface area (Å²) in [5.41, 5.74) is 2.70. The quantitative estimate of drug-likeness (QED) is 0.766. The summed E-state index contributed by atoms with van der Waals surface area (Å²) in [6.45, 7) is 8.23. The predicted molar refractivity (Wildman–Crippen MR) is 67.4 cm³/mol. The van der Waals surface area contributed by atoms with E-state index in [1.807, 2.05) is 27.8 Å². The van der Waals surface area contributed by atoms with E-state index in [9.17, 15) is 4.79 Å². The zero-order valence-electron chi connectivity index (χ0n) is 10.6. The van der Waals surface area contributed by atoms with Crippen LogP contribution in [0.1, 0.15) is 35.3 Å². The molecule has 0 aromatic carbocycles. The SMILES string of the molecule is CCNc1nc(NC)c(C)c(C)c1C(C)=O. The second-order valence-corrected chi connectivity index (χ2v) is 3.77. The number of nitrogens with one attached hydrogen (secondary N) is 2. The molecule has 1 aromatic heterocycles. The van der Waals surface area contributed by atoms with Crippen molar-refractivity contribution in [3.8, 4) is 0 Å². The number of rotatable bonds is 4. The average molecular weight is 221 g/mol. The first-order chi connectivity index (χ1) is 7.52. The van der Waals surface area contributed by atoms with Gasteiger partial charge in [-0.25, -0.2) is 4.98 Å². The fraction of sp³-hybridized carbons (Fsp3) is 0.500. The molecule has 88 valence electrons. The van der Waals surface area contributed by atoms with Gasteiger partial charge >= 0.3 is 0 Å². The van der Waals surface area contributed by atoms with E-state index in [0.717, 1.165) is 23.5 Å². The van der Waals surface area contributed by atoms with Gasteiger partial charge in [0.05, 0.1) is 5.56 Å². The number of nitrogens with zero attached hydrogens (tertiary/aromatic N) is 1. The zero-order chi connectivity index (χ0) is 12.3. The van der Waals surface area contributed by atoms with Gasteiger partial charge in [-0.05, 0) is 38.8 Å². The molecule has 0 amide bonds. The predicted octanol–water partition coefficient (Wildman–Crippen LogP) is 2.37. The van der Waals surface area contributed by atoms with E-state index in [1.54, 1.807) is 6.92 Å². The largest absolute Gasteiger partial charge is 0.373 e. The van der Waals surface area contributed by atoms with Gasteiger partial charge in [-0.15, -0.1) is 0 Å². The van der Waals surface area contributed by atoms with Crippen LogP contribution in [0.3, 0.4) is 0 Å². The van der Waals surface area contributed by atoms with E-state index in [-0.39, 0.29) is 5.78 Å². The summed E-state index contributed by atoms with van der Waals surface area (Å²) in [5, 5.41) is 6.17. The third kappa shape index (κ3) is 2.15. The van der Waals surface area contributed by atoms with Gasteiger partial charge in [0, 0.05) is 13.6 Å². The molecule has 0 bridgehead atoms. The molecule has 0 atom stereocenters. The van der Waals surface area contributed by atoms with E-state index in [1.165, 1.54) is 0 Å². The molecule has 0 aliphatic rings. The van der Waals surface area contributed by atoms with Crippen molar-refractivity contribution >= 4 is 17.4 Å².